The van der Waals surface area contributed by atoms with Gasteiger partial charge in [0.2, 0.25) is 11.8 Å². The summed E-state index contributed by atoms with van der Waals surface area (Å²) in [5.74, 6) is 0.320. The van der Waals surface area contributed by atoms with Crippen molar-refractivity contribution in [3.8, 4) is 0 Å². The lowest BCUT2D eigenvalue weighted by Gasteiger charge is -2.21. The fraction of sp³-hybridized carbons (Fsp3) is 0.556. The second kappa shape index (κ2) is 7.59. The van der Waals surface area contributed by atoms with Gasteiger partial charge in [0.25, 0.3) is 0 Å². The highest BCUT2D eigenvalue weighted by atomic mass is 16.2. The van der Waals surface area contributed by atoms with Crippen LogP contribution in [0.1, 0.15) is 38.5 Å². The molecule has 5 nitrogen and oxygen atoms in total. The highest BCUT2D eigenvalue weighted by Gasteiger charge is 2.23. The number of rotatable bonds is 4. The van der Waals surface area contributed by atoms with Gasteiger partial charge in [-0.1, -0.05) is 25.3 Å². The number of amides is 2. The average molecular weight is 315 g/mol. The minimum Gasteiger partial charge on any atom is -0.326 e. The van der Waals surface area contributed by atoms with Crippen LogP contribution < -0.4 is 16.0 Å². The van der Waals surface area contributed by atoms with Gasteiger partial charge in [0, 0.05) is 23.8 Å². The molecule has 1 aromatic carbocycles. The first-order chi connectivity index (χ1) is 11.2. The summed E-state index contributed by atoms with van der Waals surface area (Å²) >= 11 is 0. The third-order valence-electron chi connectivity index (χ3n) is 4.80. The molecule has 2 amide bonds. The van der Waals surface area contributed by atoms with E-state index in [2.05, 4.69) is 16.0 Å². The van der Waals surface area contributed by atoms with E-state index in [1.54, 1.807) is 0 Å². The molecule has 2 fully saturated rings. The van der Waals surface area contributed by atoms with Crippen LogP contribution in [0.5, 0.6) is 0 Å². The van der Waals surface area contributed by atoms with Gasteiger partial charge in [0.1, 0.15) is 0 Å². The van der Waals surface area contributed by atoms with Crippen molar-refractivity contribution in [2.75, 3.05) is 23.7 Å². The monoisotopic (exact) mass is 315 g/mol. The first kappa shape index (κ1) is 16.0. The molecule has 0 aromatic heterocycles. The van der Waals surface area contributed by atoms with Crippen molar-refractivity contribution >= 4 is 23.2 Å². The molecule has 1 unspecified atom stereocenters. The summed E-state index contributed by atoms with van der Waals surface area (Å²) in [5.41, 5.74) is 1.49. The predicted molar refractivity (Wildman–Crippen MR) is 91.3 cm³/mol. The van der Waals surface area contributed by atoms with Crippen LogP contribution >= 0.6 is 0 Å². The van der Waals surface area contributed by atoms with Gasteiger partial charge in [-0.3, -0.25) is 9.59 Å². The Morgan fingerprint density at radius 3 is 2.17 bits per heavy atom. The number of benzene rings is 1. The summed E-state index contributed by atoms with van der Waals surface area (Å²) in [4.78, 5) is 24.5. The van der Waals surface area contributed by atoms with Crippen molar-refractivity contribution < 1.29 is 9.59 Å². The van der Waals surface area contributed by atoms with Gasteiger partial charge in [-0.15, -0.1) is 0 Å². The molecule has 1 saturated carbocycles. The van der Waals surface area contributed by atoms with Gasteiger partial charge in [-0.2, -0.15) is 0 Å². The lowest BCUT2D eigenvalue weighted by atomic mass is 9.88. The number of hydrogen-bond donors (Lipinski definition) is 3. The van der Waals surface area contributed by atoms with E-state index in [-0.39, 0.29) is 23.7 Å². The summed E-state index contributed by atoms with van der Waals surface area (Å²) < 4.78 is 0. The van der Waals surface area contributed by atoms with Crippen molar-refractivity contribution in [2.24, 2.45) is 11.8 Å². The van der Waals surface area contributed by atoms with E-state index >= 15 is 0 Å². The first-order valence-corrected chi connectivity index (χ1v) is 8.65. The van der Waals surface area contributed by atoms with Gasteiger partial charge in [-0.25, -0.2) is 0 Å². The zero-order valence-corrected chi connectivity index (χ0v) is 13.4. The van der Waals surface area contributed by atoms with Crippen LogP contribution in [0.25, 0.3) is 0 Å². The van der Waals surface area contributed by atoms with Crippen molar-refractivity contribution in [1.82, 2.24) is 5.32 Å². The number of anilines is 2. The number of carbonyl (C=O) groups excluding carboxylic acids is 2. The smallest absolute Gasteiger partial charge is 0.228 e. The van der Waals surface area contributed by atoms with Crippen LogP contribution in [0.15, 0.2) is 24.3 Å². The van der Waals surface area contributed by atoms with Crippen molar-refractivity contribution in [1.29, 1.82) is 0 Å². The molecule has 1 heterocycles. The van der Waals surface area contributed by atoms with Gasteiger partial charge < -0.3 is 16.0 Å². The van der Waals surface area contributed by atoms with Gasteiger partial charge >= 0.3 is 0 Å². The Kier molecular flexibility index (Phi) is 5.28. The molecule has 0 bridgehead atoms. The maximum Gasteiger partial charge on any atom is 0.228 e. The normalized spacial score (nSPS) is 21.8. The highest BCUT2D eigenvalue weighted by molar-refractivity contribution is 5.95. The molecule has 23 heavy (non-hydrogen) atoms. The van der Waals surface area contributed by atoms with E-state index in [4.69, 9.17) is 0 Å². The number of carbonyl (C=O) groups is 2. The highest BCUT2D eigenvalue weighted by Crippen LogP contribution is 2.25. The van der Waals surface area contributed by atoms with Crippen LogP contribution in [-0.4, -0.2) is 24.9 Å². The Labute approximate surface area is 137 Å². The average Bonchev–Trinajstić information content (AvgIpc) is 3.10. The molecule has 1 aromatic rings. The van der Waals surface area contributed by atoms with Gasteiger partial charge in [0.15, 0.2) is 0 Å². The van der Waals surface area contributed by atoms with E-state index in [9.17, 15) is 9.59 Å². The maximum atomic E-state index is 12.3. The molecule has 0 radical (unpaired) electrons. The standard InChI is InChI=1S/C18H25N3O2/c22-17(13-5-2-1-3-6-13)20-15-7-4-8-16(11-15)21-18(23)14-9-10-19-12-14/h4,7-8,11,13-14,19H,1-3,5-6,9-10,12H2,(H,20,22)(H,21,23). The van der Waals surface area contributed by atoms with Crippen molar-refractivity contribution in [3.63, 3.8) is 0 Å². The zero-order valence-electron chi connectivity index (χ0n) is 13.4. The molecule has 0 spiro atoms. The van der Waals surface area contributed by atoms with Gasteiger partial charge in [-0.05, 0) is 44.0 Å². The van der Waals surface area contributed by atoms with E-state index in [1.807, 2.05) is 24.3 Å². The fourth-order valence-corrected chi connectivity index (χ4v) is 3.41. The van der Waals surface area contributed by atoms with Crippen molar-refractivity contribution in [2.45, 2.75) is 38.5 Å². The minimum atomic E-state index is 0.0375. The van der Waals surface area contributed by atoms with E-state index < -0.39 is 0 Å². The third kappa shape index (κ3) is 4.32. The Morgan fingerprint density at radius 2 is 1.57 bits per heavy atom. The Hall–Kier alpha value is -1.88. The second-order valence-electron chi connectivity index (χ2n) is 6.58. The second-order valence-corrected chi connectivity index (χ2v) is 6.58. The summed E-state index contributed by atoms with van der Waals surface area (Å²) in [6, 6.07) is 7.42. The molecule has 1 atom stereocenters. The topological polar surface area (TPSA) is 70.2 Å². The molecule has 5 heteroatoms. The van der Waals surface area contributed by atoms with E-state index in [1.165, 1.54) is 6.42 Å². The molecule has 1 aliphatic heterocycles. The number of hydrogen-bond acceptors (Lipinski definition) is 3. The summed E-state index contributed by atoms with van der Waals surface area (Å²) in [5, 5.41) is 9.13. The predicted octanol–water partition coefficient (Wildman–Crippen LogP) is 2.75. The molecule has 3 N–H and O–H groups in total. The zero-order chi connectivity index (χ0) is 16.1. The van der Waals surface area contributed by atoms with Gasteiger partial charge in [0.05, 0.1) is 5.92 Å². The minimum absolute atomic E-state index is 0.0375. The summed E-state index contributed by atoms with van der Waals surface area (Å²) in [6.07, 6.45) is 6.37. The molecular formula is C18H25N3O2. The van der Waals surface area contributed by atoms with Crippen LogP contribution in [0.3, 0.4) is 0 Å². The largest absolute Gasteiger partial charge is 0.326 e. The summed E-state index contributed by atoms with van der Waals surface area (Å²) in [7, 11) is 0. The third-order valence-corrected chi connectivity index (χ3v) is 4.80. The molecule has 3 rings (SSSR count). The lowest BCUT2D eigenvalue weighted by Crippen LogP contribution is -2.25. The van der Waals surface area contributed by atoms with Crippen LogP contribution in [0, 0.1) is 11.8 Å². The lowest BCUT2D eigenvalue weighted by molar-refractivity contribution is -0.121. The Morgan fingerprint density at radius 1 is 0.913 bits per heavy atom. The maximum absolute atomic E-state index is 12.3. The molecule has 2 aliphatic rings. The quantitative estimate of drug-likeness (QED) is 0.800. The fourth-order valence-electron chi connectivity index (χ4n) is 3.41. The molecule has 1 saturated heterocycles. The molecular weight excluding hydrogens is 290 g/mol. The Bertz CT molecular complexity index is 561. The Balaban J connectivity index is 1.58. The first-order valence-electron chi connectivity index (χ1n) is 8.65. The van der Waals surface area contributed by atoms with Crippen molar-refractivity contribution in [3.05, 3.63) is 24.3 Å². The van der Waals surface area contributed by atoms with Crippen LogP contribution in [-0.2, 0) is 9.59 Å². The summed E-state index contributed by atoms with van der Waals surface area (Å²) in [6.45, 7) is 1.64. The van der Waals surface area contributed by atoms with Crippen LogP contribution in [0.4, 0.5) is 11.4 Å². The van der Waals surface area contributed by atoms with E-state index in [0.29, 0.717) is 0 Å². The molecule has 1 aliphatic carbocycles. The number of nitrogens with one attached hydrogen (secondary N) is 3. The van der Waals surface area contributed by atoms with Crippen LogP contribution in [0.2, 0.25) is 0 Å². The van der Waals surface area contributed by atoms with E-state index in [0.717, 1.165) is 56.6 Å². The molecule has 124 valence electrons. The SMILES string of the molecule is O=C(Nc1cccc(NC(=O)C2CCNC2)c1)C1CCCCC1.